The molecule has 1 aliphatic carbocycles. The summed E-state index contributed by atoms with van der Waals surface area (Å²) in [6.07, 6.45) is 7.16. The van der Waals surface area contributed by atoms with Gasteiger partial charge in [-0.05, 0) is 51.7 Å². The summed E-state index contributed by atoms with van der Waals surface area (Å²) in [6.45, 7) is 6.85. The molecule has 2 heteroatoms. The first-order chi connectivity index (χ1) is 8.16. The van der Waals surface area contributed by atoms with Crippen LogP contribution in [-0.4, -0.2) is 6.04 Å². The van der Waals surface area contributed by atoms with E-state index in [0.717, 1.165) is 5.92 Å². The normalized spacial score (nSPS) is 21.4. The molecular weight excluding hydrogens is 226 g/mol. The average molecular weight is 251 g/mol. The number of thiophene rings is 1. The molecule has 1 saturated carbocycles. The van der Waals surface area contributed by atoms with E-state index in [4.69, 9.17) is 0 Å². The van der Waals surface area contributed by atoms with Crippen molar-refractivity contribution < 1.29 is 0 Å². The van der Waals surface area contributed by atoms with Crippen LogP contribution in [0.5, 0.6) is 0 Å². The van der Waals surface area contributed by atoms with Crippen LogP contribution in [0.2, 0.25) is 0 Å². The van der Waals surface area contributed by atoms with E-state index in [0.29, 0.717) is 12.1 Å². The van der Waals surface area contributed by atoms with E-state index in [1.807, 2.05) is 11.3 Å². The first-order valence-corrected chi connectivity index (χ1v) is 7.81. The Morgan fingerprint density at radius 1 is 1.18 bits per heavy atom. The highest BCUT2D eigenvalue weighted by Crippen LogP contribution is 2.29. The summed E-state index contributed by atoms with van der Waals surface area (Å²) in [7, 11) is 0. The summed E-state index contributed by atoms with van der Waals surface area (Å²) in [5, 5.41) is 3.79. The number of hydrogen-bond acceptors (Lipinski definition) is 2. The minimum Gasteiger partial charge on any atom is -0.307 e. The number of hydrogen-bond donors (Lipinski definition) is 1. The van der Waals surface area contributed by atoms with Gasteiger partial charge in [0.2, 0.25) is 0 Å². The lowest BCUT2D eigenvalue weighted by molar-refractivity contribution is 0.269. The van der Waals surface area contributed by atoms with Crippen LogP contribution in [0, 0.1) is 12.8 Å². The van der Waals surface area contributed by atoms with E-state index in [1.165, 1.54) is 41.9 Å². The van der Waals surface area contributed by atoms with Gasteiger partial charge < -0.3 is 5.32 Å². The van der Waals surface area contributed by atoms with Crippen molar-refractivity contribution in [1.29, 1.82) is 0 Å². The van der Waals surface area contributed by atoms with Gasteiger partial charge >= 0.3 is 0 Å². The molecule has 1 aromatic rings. The molecule has 0 radical (unpaired) electrons. The van der Waals surface area contributed by atoms with E-state index in [9.17, 15) is 0 Å². The van der Waals surface area contributed by atoms with Crippen molar-refractivity contribution in [1.82, 2.24) is 5.32 Å². The SMILES string of the molecule is Cc1ccc(C(C)N[C@@H](C)C2CCCCC2)s1. The predicted molar refractivity (Wildman–Crippen MR) is 76.6 cm³/mol. The topological polar surface area (TPSA) is 12.0 Å². The van der Waals surface area contributed by atoms with Crippen molar-refractivity contribution in [3.63, 3.8) is 0 Å². The van der Waals surface area contributed by atoms with Crippen molar-refractivity contribution in [2.24, 2.45) is 5.92 Å². The van der Waals surface area contributed by atoms with Gasteiger partial charge in [-0.1, -0.05) is 19.3 Å². The highest BCUT2D eigenvalue weighted by Gasteiger charge is 2.21. The Balaban J connectivity index is 1.87. The second-order valence-electron chi connectivity index (χ2n) is 5.52. The van der Waals surface area contributed by atoms with Crippen molar-refractivity contribution in [3.8, 4) is 0 Å². The van der Waals surface area contributed by atoms with Crippen LogP contribution in [0.4, 0.5) is 0 Å². The molecule has 1 unspecified atom stereocenters. The number of aryl methyl sites for hydroxylation is 1. The minimum atomic E-state index is 0.505. The lowest BCUT2D eigenvalue weighted by Crippen LogP contribution is -2.36. The van der Waals surface area contributed by atoms with Crippen LogP contribution in [0.1, 0.15) is 61.7 Å². The third kappa shape index (κ3) is 3.56. The van der Waals surface area contributed by atoms with Gasteiger partial charge in [0.1, 0.15) is 0 Å². The van der Waals surface area contributed by atoms with Crippen LogP contribution < -0.4 is 5.32 Å². The maximum Gasteiger partial charge on any atom is 0.0388 e. The third-order valence-corrected chi connectivity index (χ3v) is 5.24. The number of rotatable bonds is 4. The first-order valence-electron chi connectivity index (χ1n) is 6.99. The zero-order valence-corrected chi connectivity index (χ0v) is 12.1. The summed E-state index contributed by atoms with van der Waals surface area (Å²) in [5.74, 6) is 0.896. The van der Waals surface area contributed by atoms with E-state index in [-0.39, 0.29) is 0 Å². The molecule has 2 rings (SSSR count). The molecule has 1 aliphatic rings. The van der Waals surface area contributed by atoms with Gasteiger partial charge in [-0.15, -0.1) is 11.3 Å². The second kappa shape index (κ2) is 6.01. The first kappa shape index (κ1) is 13.1. The molecule has 1 nitrogen and oxygen atoms in total. The zero-order chi connectivity index (χ0) is 12.3. The monoisotopic (exact) mass is 251 g/mol. The van der Waals surface area contributed by atoms with Crippen molar-refractivity contribution in [2.45, 2.75) is 65.0 Å². The summed E-state index contributed by atoms with van der Waals surface area (Å²) in [4.78, 5) is 2.89. The molecular formula is C15H25NS. The summed E-state index contributed by atoms with van der Waals surface area (Å²) in [6, 6.07) is 5.66. The largest absolute Gasteiger partial charge is 0.307 e. The highest BCUT2D eigenvalue weighted by molar-refractivity contribution is 7.12. The van der Waals surface area contributed by atoms with Gasteiger partial charge in [-0.25, -0.2) is 0 Å². The Hall–Kier alpha value is -0.340. The Kier molecular flexibility index (Phi) is 4.63. The lowest BCUT2D eigenvalue weighted by Gasteiger charge is -2.30. The fourth-order valence-electron chi connectivity index (χ4n) is 2.93. The Morgan fingerprint density at radius 3 is 2.47 bits per heavy atom. The second-order valence-corrected chi connectivity index (χ2v) is 6.84. The van der Waals surface area contributed by atoms with Crippen LogP contribution in [-0.2, 0) is 0 Å². The van der Waals surface area contributed by atoms with Crippen LogP contribution in [0.3, 0.4) is 0 Å². The minimum absolute atomic E-state index is 0.505. The van der Waals surface area contributed by atoms with E-state index >= 15 is 0 Å². The molecule has 1 N–H and O–H groups in total. The molecule has 1 aromatic heterocycles. The Labute approximate surface area is 110 Å². The Bertz CT molecular complexity index is 338. The summed E-state index contributed by atoms with van der Waals surface area (Å²) >= 11 is 1.92. The fraction of sp³-hybridized carbons (Fsp3) is 0.733. The molecule has 96 valence electrons. The van der Waals surface area contributed by atoms with Gasteiger partial charge in [-0.2, -0.15) is 0 Å². The smallest absolute Gasteiger partial charge is 0.0388 e. The van der Waals surface area contributed by atoms with Gasteiger partial charge in [-0.3, -0.25) is 0 Å². The van der Waals surface area contributed by atoms with Gasteiger partial charge in [0.25, 0.3) is 0 Å². The third-order valence-electron chi connectivity index (χ3n) is 4.06. The van der Waals surface area contributed by atoms with Crippen LogP contribution in [0.15, 0.2) is 12.1 Å². The van der Waals surface area contributed by atoms with Gasteiger partial charge in [0, 0.05) is 21.8 Å². The quantitative estimate of drug-likeness (QED) is 0.819. The van der Waals surface area contributed by atoms with E-state index in [1.54, 1.807) is 0 Å². The highest BCUT2D eigenvalue weighted by atomic mass is 32.1. The molecule has 0 bridgehead atoms. The molecule has 0 spiro atoms. The van der Waals surface area contributed by atoms with E-state index in [2.05, 4.69) is 38.2 Å². The molecule has 17 heavy (non-hydrogen) atoms. The summed E-state index contributed by atoms with van der Waals surface area (Å²) < 4.78 is 0. The van der Waals surface area contributed by atoms with Crippen molar-refractivity contribution in [3.05, 3.63) is 21.9 Å². The predicted octanol–water partition coefficient (Wildman–Crippen LogP) is 4.68. The molecule has 0 amide bonds. The molecule has 0 saturated heterocycles. The maximum absolute atomic E-state index is 3.79. The zero-order valence-electron chi connectivity index (χ0n) is 11.3. The Morgan fingerprint density at radius 2 is 1.88 bits per heavy atom. The van der Waals surface area contributed by atoms with Crippen LogP contribution >= 0.6 is 11.3 Å². The standard InChI is InChI=1S/C15H25NS/c1-11-9-10-15(17-11)13(3)16-12(2)14-7-5-4-6-8-14/h9-10,12-14,16H,4-8H2,1-3H3/t12-,13?/m0/s1. The van der Waals surface area contributed by atoms with Crippen LogP contribution in [0.25, 0.3) is 0 Å². The van der Waals surface area contributed by atoms with Gasteiger partial charge in [0.05, 0.1) is 0 Å². The lowest BCUT2D eigenvalue weighted by atomic mass is 9.84. The molecule has 2 atom stereocenters. The fourth-order valence-corrected chi connectivity index (χ4v) is 3.82. The van der Waals surface area contributed by atoms with E-state index < -0.39 is 0 Å². The van der Waals surface area contributed by atoms with Crippen molar-refractivity contribution in [2.75, 3.05) is 0 Å². The average Bonchev–Trinajstić information content (AvgIpc) is 2.77. The molecule has 1 fully saturated rings. The van der Waals surface area contributed by atoms with Crippen molar-refractivity contribution >= 4 is 11.3 Å². The maximum atomic E-state index is 3.79. The molecule has 0 aliphatic heterocycles. The van der Waals surface area contributed by atoms with Gasteiger partial charge in [0.15, 0.2) is 0 Å². The molecule has 0 aromatic carbocycles. The number of nitrogens with one attached hydrogen (secondary N) is 1. The molecule has 1 heterocycles. The summed E-state index contributed by atoms with van der Waals surface area (Å²) in [5.41, 5.74) is 0.